The van der Waals surface area contributed by atoms with E-state index >= 15 is 0 Å². The first-order valence-electron chi connectivity index (χ1n) is 6.04. The van der Waals surface area contributed by atoms with Gasteiger partial charge in [0.1, 0.15) is 0 Å². The van der Waals surface area contributed by atoms with E-state index in [1.807, 2.05) is 13.0 Å². The van der Waals surface area contributed by atoms with Gasteiger partial charge in [-0.25, -0.2) is 0 Å². The molecule has 1 aliphatic rings. The van der Waals surface area contributed by atoms with Crippen LogP contribution in [0.5, 0.6) is 5.75 Å². The lowest BCUT2D eigenvalue weighted by molar-refractivity contribution is 0.414. The van der Waals surface area contributed by atoms with Crippen LogP contribution < -0.4 is 10.1 Å². The minimum absolute atomic E-state index is 0.831. The first-order valence-corrected chi connectivity index (χ1v) is 6.04. The molecule has 0 saturated heterocycles. The number of hydrogen-bond donors (Lipinski definition) is 1. The molecule has 1 heterocycles. The highest BCUT2D eigenvalue weighted by Gasteiger charge is 2.19. The third-order valence-corrected chi connectivity index (χ3v) is 3.03. The first kappa shape index (κ1) is 11.2. The van der Waals surface area contributed by atoms with Crippen molar-refractivity contribution in [2.24, 2.45) is 5.92 Å². The lowest BCUT2D eigenvalue weighted by Gasteiger charge is -2.11. The third-order valence-electron chi connectivity index (χ3n) is 3.03. The number of methoxy groups -OCH3 is 1. The number of nitrogens with one attached hydrogen (secondary N) is 1. The standard InChI is InChI=1S/C13H20N2O/c1-10-8-12(13(16-2)9-15-10)14-7-3-4-11-5-6-11/h8-9,11H,3-7H2,1-2H3,(H,14,15). The van der Waals surface area contributed by atoms with E-state index in [1.54, 1.807) is 13.3 Å². The molecule has 0 bridgehead atoms. The third kappa shape index (κ3) is 3.12. The van der Waals surface area contributed by atoms with Gasteiger partial charge >= 0.3 is 0 Å². The summed E-state index contributed by atoms with van der Waals surface area (Å²) in [5.41, 5.74) is 2.08. The van der Waals surface area contributed by atoms with Crippen molar-refractivity contribution in [3.05, 3.63) is 18.0 Å². The van der Waals surface area contributed by atoms with E-state index in [-0.39, 0.29) is 0 Å². The van der Waals surface area contributed by atoms with E-state index in [0.717, 1.165) is 29.6 Å². The van der Waals surface area contributed by atoms with Crippen molar-refractivity contribution in [3.8, 4) is 5.75 Å². The number of ether oxygens (including phenoxy) is 1. The van der Waals surface area contributed by atoms with E-state index < -0.39 is 0 Å². The van der Waals surface area contributed by atoms with E-state index in [2.05, 4.69) is 10.3 Å². The van der Waals surface area contributed by atoms with Gasteiger partial charge in [-0.2, -0.15) is 0 Å². The lowest BCUT2D eigenvalue weighted by atomic mass is 10.2. The number of pyridine rings is 1. The Kier molecular flexibility index (Phi) is 3.65. The quantitative estimate of drug-likeness (QED) is 0.748. The average molecular weight is 220 g/mol. The summed E-state index contributed by atoms with van der Waals surface area (Å²) in [5, 5.41) is 3.42. The molecule has 1 N–H and O–H groups in total. The van der Waals surface area contributed by atoms with Gasteiger partial charge < -0.3 is 10.1 Å². The van der Waals surface area contributed by atoms with Crippen LogP contribution in [0.2, 0.25) is 0 Å². The van der Waals surface area contributed by atoms with Crippen molar-refractivity contribution >= 4 is 5.69 Å². The van der Waals surface area contributed by atoms with Crippen molar-refractivity contribution < 1.29 is 4.74 Å². The van der Waals surface area contributed by atoms with Crippen LogP contribution in [0, 0.1) is 12.8 Å². The van der Waals surface area contributed by atoms with Gasteiger partial charge in [0.15, 0.2) is 5.75 Å². The molecule has 1 saturated carbocycles. The summed E-state index contributed by atoms with van der Waals surface area (Å²) >= 11 is 0. The minimum Gasteiger partial charge on any atom is -0.493 e. The summed E-state index contributed by atoms with van der Waals surface area (Å²) in [5.74, 6) is 1.85. The largest absolute Gasteiger partial charge is 0.493 e. The Morgan fingerprint density at radius 3 is 3.00 bits per heavy atom. The van der Waals surface area contributed by atoms with Gasteiger partial charge in [0.05, 0.1) is 19.0 Å². The second-order valence-electron chi connectivity index (χ2n) is 4.54. The number of anilines is 1. The monoisotopic (exact) mass is 220 g/mol. The second kappa shape index (κ2) is 5.19. The number of aromatic nitrogens is 1. The molecule has 1 aromatic heterocycles. The van der Waals surface area contributed by atoms with Crippen molar-refractivity contribution in [2.45, 2.75) is 32.6 Å². The second-order valence-corrected chi connectivity index (χ2v) is 4.54. The maximum atomic E-state index is 5.27. The highest BCUT2D eigenvalue weighted by molar-refractivity contribution is 5.55. The van der Waals surface area contributed by atoms with E-state index in [0.29, 0.717) is 0 Å². The predicted molar refractivity (Wildman–Crippen MR) is 66.0 cm³/mol. The summed E-state index contributed by atoms with van der Waals surface area (Å²) < 4.78 is 5.27. The van der Waals surface area contributed by atoms with E-state index in [1.165, 1.54) is 25.7 Å². The maximum absolute atomic E-state index is 5.27. The van der Waals surface area contributed by atoms with E-state index in [9.17, 15) is 0 Å². The summed E-state index contributed by atoms with van der Waals surface area (Å²) in [6.07, 6.45) is 7.27. The van der Waals surface area contributed by atoms with Gasteiger partial charge in [0, 0.05) is 12.2 Å². The molecule has 0 atom stereocenters. The maximum Gasteiger partial charge on any atom is 0.160 e. The van der Waals surface area contributed by atoms with Gasteiger partial charge in [0.25, 0.3) is 0 Å². The first-order chi connectivity index (χ1) is 7.79. The van der Waals surface area contributed by atoms with Crippen molar-refractivity contribution in [1.82, 2.24) is 4.98 Å². The fraction of sp³-hybridized carbons (Fsp3) is 0.615. The number of rotatable bonds is 6. The van der Waals surface area contributed by atoms with Gasteiger partial charge in [-0.1, -0.05) is 12.8 Å². The molecule has 1 aromatic rings. The van der Waals surface area contributed by atoms with Gasteiger partial charge in [0.2, 0.25) is 0 Å². The zero-order chi connectivity index (χ0) is 11.4. The number of aryl methyl sites for hydroxylation is 1. The zero-order valence-corrected chi connectivity index (χ0v) is 10.1. The van der Waals surface area contributed by atoms with Gasteiger partial charge in [-0.15, -0.1) is 0 Å². The molecule has 0 unspecified atom stereocenters. The van der Waals surface area contributed by atoms with Crippen LogP contribution in [0.15, 0.2) is 12.3 Å². The highest BCUT2D eigenvalue weighted by atomic mass is 16.5. The molecule has 16 heavy (non-hydrogen) atoms. The highest BCUT2D eigenvalue weighted by Crippen LogP contribution is 2.33. The lowest BCUT2D eigenvalue weighted by Crippen LogP contribution is -2.04. The Hall–Kier alpha value is -1.25. The Morgan fingerprint density at radius 2 is 2.31 bits per heavy atom. The van der Waals surface area contributed by atoms with Crippen LogP contribution in [0.25, 0.3) is 0 Å². The van der Waals surface area contributed by atoms with Crippen LogP contribution in [0.1, 0.15) is 31.4 Å². The van der Waals surface area contributed by atoms with E-state index in [4.69, 9.17) is 4.74 Å². The molecular formula is C13H20N2O. The predicted octanol–water partition coefficient (Wildman–Crippen LogP) is 3.00. The molecule has 0 amide bonds. The van der Waals surface area contributed by atoms with Crippen molar-refractivity contribution in [3.63, 3.8) is 0 Å². The fourth-order valence-corrected chi connectivity index (χ4v) is 1.87. The number of nitrogens with zero attached hydrogens (tertiary/aromatic N) is 1. The molecular weight excluding hydrogens is 200 g/mol. The van der Waals surface area contributed by atoms with Crippen molar-refractivity contribution in [1.29, 1.82) is 0 Å². The van der Waals surface area contributed by atoms with Crippen LogP contribution in [-0.4, -0.2) is 18.6 Å². The Labute approximate surface area is 97.2 Å². The zero-order valence-electron chi connectivity index (χ0n) is 10.1. The molecule has 3 nitrogen and oxygen atoms in total. The SMILES string of the molecule is COc1cnc(C)cc1NCCCC1CC1. The summed E-state index contributed by atoms with van der Waals surface area (Å²) in [6, 6.07) is 2.04. The fourth-order valence-electron chi connectivity index (χ4n) is 1.87. The molecule has 0 aromatic carbocycles. The summed E-state index contributed by atoms with van der Waals surface area (Å²) in [7, 11) is 1.68. The summed E-state index contributed by atoms with van der Waals surface area (Å²) in [4.78, 5) is 4.21. The number of hydrogen-bond acceptors (Lipinski definition) is 3. The molecule has 0 aliphatic heterocycles. The topological polar surface area (TPSA) is 34.1 Å². The molecule has 1 aliphatic carbocycles. The summed E-state index contributed by atoms with van der Waals surface area (Å²) in [6.45, 7) is 3.02. The van der Waals surface area contributed by atoms with Crippen LogP contribution in [0.4, 0.5) is 5.69 Å². The van der Waals surface area contributed by atoms with Crippen molar-refractivity contribution in [2.75, 3.05) is 19.0 Å². The Bertz CT molecular complexity index is 348. The smallest absolute Gasteiger partial charge is 0.160 e. The Balaban J connectivity index is 1.83. The van der Waals surface area contributed by atoms with Crippen LogP contribution >= 0.6 is 0 Å². The Morgan fingerprint density at radius 1 is 1.50 bits per heavy atom. The van der Waals surface area contributed by atoms with Crippen LogP contribution in [-0.2, 0) is 0 Å². The molecule has 1 fully saturated rings. The molecule has 0 radical (unpaired) electrons. The molecule has 3 heteroatoms. The minimum atomic E-state index is 0.831. The molecule has 2 rings (SSSR count). The van der Waals surface area contributed by atoms with Crippen LogP contribution in [0.3, 0.4) is 0 Å². The van der Waals surface area contributed by atoms with Gasteiger partial charge in [-0.3, -0.25) is 4.98 Å². The normalized spacial score (nSPS) is 14.9. The van der Waals surface area contributed by atoms with Gasteiger partial charge in [-0.05, 0) is 31.7 Å². The molecule has 88 valence electrons. The molecule has 0 spiro atoms. The average Bonchev–Trinajstić information content (AvgIpc) is 3.08.